The molecule has 0 aliphatic heterocycles. The van der Waals surface area contributed by atoms with Gasteiger partial charge in [-0.1, -0.05) is 6.92 Å². The molecular weight excluding hydrogens is 288 g/mol. The van der Waals surface area contributed by atoms with Gasteiger partial charge >= 0.3 is 5.97 Å². The van der Waals surface area contributed by atoms with Gasteiger partial charge in [-0.05, 0) is 31.7 Å². The third-order valence-electron chi connectivity index (χ3n) is 2.85. The highest BCUT2D eigenvalue weighted by atomic mass is 32.1. The summed E-state index contributed by atoms with van der Waals surface area (Å²) in [5.41, 5.74) is 0. The summed E-state index contributed by atoms with van der Waals surface area (Å²) in [6.07, 6.45) is 0.994. The number of esters is 1. The van der Waals surface area contributed by atoms with Crippen LogP contribution in [0.15, 0.2) is 11.4 Å². The van der Waals surface area contributed by atoms with Crippen LogP contribution in [0.1, 0.15) is 27.2 Å². The van der Waals surface area contributed by atoms with Crippen molar-refractivity contribution in [3.05, 3.63) is 11.4 Å². The highest BCUT2D eigenvalue weighted by Crippen LogP contribution is 2.27. The first-order chi connectivity index (χ1) is 10.2. The van der Waals surface area contributed by atoms with Crippen molar-refractivity contribution in [2.24, 2.45) is 0 Å². The van der Waals surface area contributed by atoms with Crippen LogP contribution in [-0.4, -0.2) is 35.1 Å². The molecule has 0 spiro atoms. The number of rotatable bonds is 7. The molecule has 0 aliphatic rings. The van der Waals surface area contributed by atoms with Crippen LogP contribution in [-0.2, 0) is 9.53 Å². The summed E-state index contributed by atoms with van der Waals surface area (Å²) >= 11 is 1.55. The van der Waals surface area contributed by atoms with Crippen molar-refractivity contribution in [1.82, 2.24) is 9.97 Å². The number of hydrogen-bond acceptors (Lipinski definition) is 7. The smallest absolute Gasteiger partial charge is 0.328 e. The highest BCUT2D eigenvalue weighted by molar-refractivity contribution is 7.16. The summed E-state index contributed by atoms with van der Waals surface area (Å²) in [5.74, 6) is 0.938. The van der Waals surface area contributed by atoms with Crippen LogP contribution >= 0.6 is 11.3 Å². The molecule has 0 saturated carbocycles. The number of aromatic nitrogens is 2. The van der Waals surface area contributed by atoms with E-state index in [1.165, 1.54) is 0 Å². The number of nitrogens with zero attached hydrogens (tertiary/aromatic N) is 2. The largest absolute Gasteiger partial charge is 0.464 e. The molecule has 114 valence electrons. The topological polar surface area (TPSA) is 76.1 Å². The zero-order valence-corrected chi connectivity index (χ0v) is 13.3. The van der Waals surface area contributed by atoms with Crippen LogP contribution in [0.4, 0.5) is 11.8 Å². The lowest BCUT2D eigenvalue weighted by Crippen LogP contribution is -2.28. The van der Waals surface area contributed by atoms with E-state index in [2.05, 4.69) is 27.5 Å². The zero-order chi connectivity index (χ0) is 15.2. The van der Waals surface area contributed by atoms with Crippen LogP contribution in [0.3, 0.4) is 0 Å². The van der Waals surface area contributed by atoms with Gasteiger partial charge in [0.25, 0.3) is 0 Å². The number of nitrogens with one attached hydrogen (secondary N) is 2. The maximum Gasteiger partial charge on any atom is 0.328 e. The number of anilines is 2. The lowest BCUT2D eigenvalue weighted by Gasteiger charge is -2.14. The summed E-state index contributed by atoms with van der Waals surface area (Å²) in [6, 6.07) is 1.49. The second-order valence-corrected chi connectivity index (χ2v) is 5.47. The Kier molecular flexibility index (Phi) is 5.32. The number of carbonyl (C=O) groups excluding carboxylic acids is 1. The van der Waals surface area contributed by atoms with Gasteiger partial charge in [-0.2, -0.15) is 4.98 Å². The van der Waals surface area contributed by atoms with Gasteiger partial charge in [0.1, 0.15) is 16.7 Å². The van der Waals surface area contributed by atoms with Gasteiger partial charge < -0.3 is 15.4 Å². The molecule has 7 heteroatoms. The molecule has 6 nitrogen and oxygen atoms in total. The molecule has 2 aromatic heterocycles. The van der Waals surface area contributed by atoms with E-state index >= 15 is 0 Å². The fraction of sp³-hybridized carbons (Fsp3) is 0.500. The predicted molar refractivity (Wildman–Crippen MR) is 85.9 cm³/mol. The molecule has 0 amide bonds. The molecule has 2 rings (SSSR count). The van der Waals surface area contributed by atoms with Gasteiger partial charge in [-0.15, -0.1) is 11.3 Å². The van der Waals surface area contributed by atoms with E-state index < -0.39 is 6.04 Å². The van der Waals surface area contributed by atoms with E-state index in [0.29, 0.717) is 18.4 Å². The summed E-state index contributed by atoms with van der Waals surface area (Å²) in [5, 5.41) is 9.16. The highest BCUT2D eigenvalue weighted by Gasteiger charge is 2.17. The third-order valence-corrected chi connectivity index (χ3v) is 3.66. The Morgan fingerprint density at radius 2 is 2.24 bits per heavy atom. The second kappa shape index (κ2) is 7.21. The SMILES string of the molecule is CCCNc1nc(NC(C)C(=O)OCC)c2ccsc2n1. The average molecular weight is 308 g/mol. The second-order valence-electron chi connectivity index (χ2n) is 4.58. The van der Waals surface area contributed by atoms with Crippen molar-refractivity contribution in [1.29, 1.82) is 0 Å². The molecule has 0 aromatic carbocycles. The van der Waals surface area contributed by atoms with E-state index in [-0.39, 0.29) is 5.97 Å². The quantitative estimate of drug-likeness (QED) is 0.766. The molecule has 21 heavy (non-hydrogen) atoms. The van der Waals surface area contributed by atoms with Gasteiger partial charge in [0.05, 0.1) is 12.0 Å². The standard InChI is InChI=1S/C14H20N4O2S/c1-4-7-15-14-17-11(10-6-8-21-12(10)18-14)16-9(3)13(19)20-5-2/h6,8-9H,4-5,7H2,1-3H3,(H2,15,16,17,18). The lowest BCUT2D eigenvalue weighted by molar-refractivity contribution is -0.143. The minimum Gasteiger partial charge on any atom is -0.464 e. The molecule has 0 bridgehead atoms. The molecular formula is C14H20N4O2S. The maximum absolute atomic E-state index is 11.7. The van der Waals surface area contributed by atoms with Crippen molar-refractivity contribution in [2.45, 2.75) is 33.2 Å². The van der Waals surface area contributed by atoms with Gasteiger partial charge in [-0.3, -0.25) is 0 Å². The van der Waals surface area contributed by atoms with E-state index in [9.17, 15) is 4.79 Å². The lowest BCUT2D eigenvalue weighted by atomic mass is 10.3. The molecule has 1 atom stereocenters. The van der Waals surface area contributed by atoms with E-state index in [1.54, 1.807) is 25.2 Å². The third kappa shape index (κ3) is 3.81. The number of hydrogen-bond donors (Lipinski definition) is 2. The molecule has 0 aliphatic carbocycles. The average Bonchev–Trinajstić information content (AvgIpc) is 2.93. The van der Waals surface area contributed by atoms with Gasteiger partial charge in [0.15, 0.2) is 0 Å². The van der Waals surface area contributed by atoms with E-state index in [1.807, 2.05) is 11.4 Å². The Balaban J connectivity index is 2.24. The summed E-state index contributed by atoms with van der Waals surface area (Å²) in [6.45, 7) is 6.81. The minimum atomic E-state index is -0.457. The minimum absolute atomic E-state index is 0.289. The summed E-state index contributed by atoms with van der Waals surface area (Å²) in [4.78, 5) is 21.5. The van der Waals surface area contributed by atoms with Crippen LogP contribution in [0.25, 0.3) is 10.2 Å². The van der Waals surface area contributed by atoms with Crippen LogP contribution in [0.5, 0.6) is 0 Å². The van der Waals surface area contributed by atoms with Crippen LogP contribution < -0.4 is 10.6 Å². The Morgan fingerprint density at radius 1 is 1.43 bits per heavy atom. The molecule has 0 radical (unpaired) electrons. The molecule has 2 N–H and O–H groups in total. The normalized spacial score (nSPS) is 12.1. The fourth-order valence-electron chi connectivity index (χ4n) is 1.81. The molecule has 2 heterocycles. The van der Waals surface area contributed by atoms with Crippen LogP contribution in [0.2, 0.25) is 0 Å². The van der Waals surface area contributed by atoms with Gasteiger partial charge in [0.2, 0.25) is 5.95 Å². The van der Waals surface area contributed by atoms with Crippen LogP contribution in [0, 0.1) is 0 Å². The number of thiophene rings is 1. The molecule has 2 aromatic rings. The first-order valence-corrected chi connectivity index (χ1v) is 7.96. The Morgan fingerprint density at radius 3 is 2.95 bits per heavy atom. The maximum atomic E-state index is 11.7. The number of carbonyl (C=O) groups is 1. The van der Waals surface area contributed by atoms with Gasteiger partial charge in [0, 0.05) is 6.54 Å². The van der Waals surface area contributed by atoms with Crippen molar-refractivity contribution >= 4 is 39.3 Å². The first-order valence-electron chi connectivity index (χ1n) is 7.08. The molecule has 0 fully saturated rings. The Labute approximate surface area is 127 Å². The molecule has 0 saturated heterocycles. The van der Waals surface area contributed by atoms with Crippen molar-refractivity contribution in [2.75, 3.05) is 23.8 Å². The predicted octanol–water partition coefficient (Wildman–Crippen LogP) is 2.88. The summed E-state index contributed by atoms with van der Waals surface area (Å²) in [7, 11) is 0. The monoisotopic (exact) mass is 308 g/mol. The fourth-order valence-corrected chi connectivity index (χ4v) is 2.58. The Hall–Kier alpha value is -1.89. The number of fused-ring (bicyclic) bond motifs is 1. The first kappa shape index (κ1) is 15.5. The van der Waals surface area contributed by atoms with Crippen molar-refractivity contribution in [3.8, 4) is 0 Å². The number of ether oxygens (including phenoxy) is 1. The van der Waals surface area contributed by atoms with Gasteiger partial charge in [-0.25, -0.2) is 9.78 Å². The molecule has 1 unspecified atom stereocenters. The van der Waals surface area contributed by atoms with E-state index in [0.717, 1.165) is 23.2 Å². The van der Waals surface area contributed by atoms with Crippen molar-refractivity contribution < 1.29 is 9.53 Å². The van der Waals surface area contributed by atoms with Crippen molar-refractivity contribution in [3.63, 3.8) is 0 Å². The summed E-state index contributed by atoms with van der Waals surface area (Å²) < 4.78 is 5.01. The Bertz CT molecular complexity index is 614. The van der Waals surface area contributed by atoms with E-state index in [4.69, 9.17) is 4.74 Å². The zero-order valence-electron chi connectivity index (χ0n) is 12.5.